The number of carbonyl (C=O) groups is 1. The molecule has 0 unspecified atom stereocenters. The largest absolute Gasteiger partial charge is 0.325 e. The number of nitrogens with zero attached hydrogens (tertiary/aromatic N) is 2. The van der Waals surface area contributed by atoms with Gasteiger partial charge >= 0.3 is 0 Å². The van der Waals surface area contributed by atoms with Gasteiger partial charge in [-0.05, 0) is 37.1 Å². The third-order valence-electron chi connectivity index (χ3n) is 3.88. The molecule has 1 aliphatic carbocycles. The Hall–Kier alpha value is -2.33. The Bertz CT molecular complexity index is 555. The van der Waals surface area contributed by atoms with Gasteiger partial charge in [-0.3, -0.25) is 4.79 Å². The first-order valence-electron chi connectivity index (χ1n) is 6.93. The van der Waals surface area contributed by atoms with E-state index in [0.29, 0.717) is 24.1 Å². The molecule has 1 fully saturated rings. The Morgan fingerprint density at radius 3 is 2.15 bits per heavy atom. The summed E-state index contributed by atoms with van der Waals surface area (Å²) in [5.74, 6) is -0.216. The van der Waals surface area contributed by atoms with Crippen LogP contribution in [0.4, 0.5) is 5.69 Å². The van der Waals surface area contributed by atoms with Crippen molar-refractivity contribution in [1.29, 1.82) is 10.5 Å². The van der Waals surface area contributed by atoms with Gasteiger partial charge in [0, 0.05) is 5.69 Å². The first kappa shape index (κ1) is 14.1. The van der Waals surface area contributed by atoms with Crippen LogP contribution >= 0.6 is 0 Å². The van der Waals surface area contributed by atoms with E-state index in [4.69, 9.17) is 5.26 Å². The summed E-state index contributed by atoms with van der Waals surface area (Å²) in [4.78, 5) is 12.4. The third-order valence-corrected chi connectivity index (χ3v) is 3.88. The Morgan fingerprint density at radius 2 is 1.65 bits per heavy atom. The van der Waals surface area contributed by atoms with Gasteiger partial charge in [0.15, 0.2) is 0 Å². The first-order chi connectivity index (χ1) is 9.70. The van der Waals surface area contributed by atoms with Gasteiger partial charge in [-0.25, -0.2) is 0 Å². The molecule has 20 heavy (non-hydrogen) atoms. The second-order valence-electron chi connectivity index (χ2n) is 5.25. The standard InChI is InChI=1S/C16H17N3O/c17-11-13-5-7-14(8-6-13)19-15(20)16(12-18)9-3-1-2-4-10-16/h5-8H,1-4,9-10H2,(H,19,20). The molecule has 0 heterocycles. The van der Waals surface area contributed by atoms with E-state index >= 15 is 0 Å². The van der Waals surface area contributed by atoms with Crippen molar-refractivity contribution in [1.82, 2.24) is 0 Å². The summed E-state index contributed by atoms with van der Waals surface area (Å²) < 4.78 is 0. The normalized spacial score (nSPS) is 17.3. The fourth-order valence-electron chi connectivity index (χ4n) is 2.60. The van der Waals surface area contributed by atoms with Crippen molar-refractivity contribution in [3.8, 4) is 12.1 Å². The predicted octanol–water partition coefficient (Wildman–Crippen LogP) is 3.36. The maximum atomic E-state index is 12.4. The molecule has 0 atom stereocenters. The molecule has 1 N–H and O–H groups in total. The van der Waals surface area contributed by atoms with Gasteiger partial charge < -0.3 is 5.32 Å². The van der Waals surface area contributed by atoms with Crippen LogP contribution in [0.1, 0.15) is 44.1 Å². The number of nitrogens with one attached hydrogen (secondary N) is 1. The highest BCUT2D eigenvalue weighted by Crippen LogP contribution is 2.35. The van der Waals surface area contributed by atoms with Gasteiger partial charge in [0.1, 0.15) is 5.41 Å². The van der Waals surface area contributed by atoms with Gasteiger partial charge in [-0.1, -0.05) is 25.7 Å². The van der Waals surface area contributed by atoms with Crippen LogP contribution in [0.5, 0.6) is 0 Å². The van der Waals surface area contributed by atoms with Crippen molar-refractivity contribution in [3.05, 3.63) is 29.8 Å². The summed E-state index contributed by atoms with van der Waals surface area (Å²) >= 11 is 0. The van der Waals surface area contributed by atoms with Crippen LogP contribution in [0.2, 0.25) is 0 Å². The second kappa shape index (κ2) is 6.21. The van der Waals surface area contributed by atoms with E-state index < -0.39 is 5.41 Å². The van der Waals surface area contributed by atoms with Crippen molar-refractivity contribution < 1.29 is 4.79 Å². The molecule has 1 saturated carbocycles. The smallest absolute Gasteiger partial charge is 0.244 e. The van der Waals surface area contributed by atoms with Gasteiger partial charge in [0.05, 0.1) is 17.7 Å². The monoisotopic (exact) mass is 267 g/mol. The molecule has 1 amide bonds. The number of amides is 1. The minimum absolute atomic E-state index is 0.216. The molecular formula is C16H17N3O. The SMILES string of the molecule is N#Cc1ccc(NC(=O)C2(C#N)CCCCCC2)cc1. The van der Waals surface area contributed by atoms with E-state index in [2.05, 4.69) is 11.4 Å². The molecule has 1 aliphatic rings. The number of carbonyl (C=O) groups excluding carboxylic acids is 1. The fourth-order valence-corrected chi connectivity index (χ4v) is 2.60. The fraction of sp³-hybridized carbons (Fsp3) is 0.438. The summed E-state index contributed by atoms with van der Waals surface area (Å²) in [5, 5.41) is 21.0. The molecular weight excluding hydrogens is 250 g/mol. The number of rotatable bonds is 2. The highest BCUT2D eigenvalue weighted by atomic mass is 16.2. The lowest BCUT2D eigenvalue weighted by Crippen LogP contribution is -2.34. The highest BCUT2D eigenvalue weighted by molar-refractivity contribution is 5.97. The molecule has 0 aliphatic heterocycles. The molecule has 0 spiro atoms. The molecule has 102 valence electrons. The number of benzene rings is 1. The van der Waals surface area contributed by atoms with E-state index in [1.54, 1.807) is 24.3 Å². The lowest BCUT2D eigenvalue weighted by atomic mass is 9.81. The minimum atomic E-state index is -0.898. The van der Waals surface area contributed by atoms with Crippen molar-refractivity contribution in [2.45, 2.75) is 38.5 Å². The zero-order chi connectivity index (χ0) is 14.4. The predicted molar refractivity (Wildman–Crippen MR) is 75.5 cm³/mol. The van der Waals surface area contributed by atoms with E-state index in [-0.39, 0.29) is 5.91 Å². The van der Waals surface area contributed by atoms with Crippen LogP contribution in [0.3, 0.4) is 0 Å². The summed E-state index contributed by atoms with van der Waals surface area (Å²) in [5.41, 5.74) is 0.282. The molecule has 0 aromatic heterocycles. The van der Waals surface area contributed by atoms with Crippen molar-refractivity contribution in [3.63, 3.8) is 0 Å². The van der Waals surface area contributed by atoms with Crippen molar-refractivity contribution in [2.75, 3.05) is 5.32 Å². The van der Waals surface area contributed by atoms with E-state index in [1.165, 1.54) is 0 Å². The van der Waals surface area contributed by atoms with Crippen LogP contribution in [0.25, 0.3) is 0 Å². The second-order valence-corrected chi connectivity index (χ2v) is 5.25. The molecule has 1 aromatic carbocycles. The Labute approximate surface area is 119 Å². The summed E-state index contributed by atoms with van der Waals surface area (Å²) in [6.07, 6.45) is 5.29. The average molecular weight is 267 g/mol. The Kier molecular flexibility index (Phi) is 4.38. The van der Waals surface area contributed by atoms with Gasteiger partial charge in [-0.15, -0.1) is 0 Å². The summed E-state index contributed by atoms with van der Waals surface area (Å²) in [7, 11) is 0. The van der Waals surface area contributed by atoms with E-state index in [1.807, 2.05) is 6.07 Å². The minimum Gasteiger partial charge on any atom is -0.325 e. The van der Waals surface area contributed by atoms with Gasteiger partial charge in [-0.2, -0.15) is 10.5 Å². The Morgan fingerprint density at radius 1 is 1.05 bits per heavy atom. The number of anilines is 1. The van der Waals surface area contributed by atoms with Crippen LogP contribution in [-0.2, 0) is 4.79 Å². The number of nitriles is 2. The quantitative estimate of drug-likeness (QED) is 0.834. The zero-order valence-electron chi connectivity index (χ0n) is 11.4. The maximum absolute atomic E-state index is 12.4. The summed E-state index contributed by atoms with van der Waals surface area (Å²) in [6.45, 7) is 0. The van der Waals surface area contributed by atoms with E-state index in [9.17, 15) is 10.1 Å². The highest BCUT2D eigenvalue weighted by Gasteiger charge is 2.38. The lowest BCUT2D eigenvalue weighted by molar-refractivity contribution is -0.123. The third kappa shape index (κ3) is 2.97. The molecule has 4 heteroatoms. The zero-order valence-corrected chi connectivity index (χ0v) is 11.4. The molecule has 0 bridgehead atoms. The number of hydrogen-bond acceptors (Lipinski definition) is 3. The summed E-state index contributed by atoms with van der Waals surface area (Å²) in [6, 6.07) is 11.0. The van der Waals surface area contributed by atoms with Crippen LogP contribution < -0.4 is 5.32 Å². The first-order valence-corrected chi connectivity index (χ1v) is 6.93. The van der Waals surface area contributed by atoms with E-state index in [0.717, 1.165) is 25.7 Å². The topological polar surface area (TPSA) is 76.7 Å². The van der Waals surface area contributed by atoms with Crippen molar-refractivity contribution in [2.24, 2.45) is 5.41 Å². The van der Waals surface area contributed by atoms with Crippen LogP contribution in [0, 0.1) is 28.1 Å². The molecule has 1 aromatic rings. The lowest BCUT2D eigenvalue weighted by Gasteiger charge is -2.23. The van der Waals surface area contributed by atoms with Gasteiger partial charge in [0.25, 0.3) is 0 Å². The van der Waals surface area contributed by atoms with Crippen LogP contribution in [0.15, 0.2) is 24.3 Å². The molecule has 2 rings (SSSR count). The van der Waals surface area contributed by atoms with Crippen LogP contribution in [-0.4, -0.2) is 5.91 Å². The molecule has 0 radical (unpaired) electrons. The average Bonchev–Trinajstić information content (AvgIpc) is 2.74. The molecule has 4 nitrogen and oxygen atoms in total. The Balaban J connectivity index is 2.12. The molecule has 0 saturated heterocycles. The maximum Gasteiger partial charge on any atom is 0.244 e. The van der Waals surface area contributed by atoms with Gasteiger partial charge in [0.2, 0.25) is 5.91 Å². The number of hydrogen-bond donors (Lipinski definition) is 1. The van der Waals surface area contributed by atoms with Crippen molar-refractivity contribution >= 4 is 11.6 Å².